The van der Waals surface area contributed by atoms with Gasteiger partial charge in [-0.05, 0) is 18.6 Å². The van der Waals surface area contributed by atoms with Crippen LogP contribution in [0.25, 0.3) is 0 Å². The van der Waals surface area contributed by atoms with Gasteiger partial charge in [0.05, 0.1) is 0 Å². The lowest BCUT2D eigenvalue weighted by Crippen LogP contribution is -2.25. The van der Waals surface area contributed by atoms with Crippen LogP contribution in [0, 0.1) is 0 Å². The third-order valence-corrected chi connectivity index (χ3v) is 4.11. The molecule has 0 saturated heterocycles. The molecule has 1 heterocycles. The van der Waals surface area contributed by atoms with E-state index < -0.39 is 10.0 Å². The van der Waals surface area contributed by atoms with Crippen molar-refractivity contribution in [2.24, 2.45) is 0 Å². The molecule has 0 saturated carbocycles. The first-order valence-electron chi connectivity index (χ1n) is 6.24. The second kappa shape index (κ2) is 7.33. The van der Waals surface area contributed by atoms with Crippen LogP contribution in [0.5, 0.6) is 0 Å². The average Bonchev–Trinajstić information content (AvgIpc) is 2.38. The molecular weight excluding hydrogens is 250 g/mol. The maximum Gasteiger partial charge on any atom is 0.244 e. The van der Waals surface area contributed by atoms with Gasteiger partial charge < -0.3 is 5.32 Å². The van der Waals surface area contributed by atoms with Gasteiger partial charge in [-0.3, -0.25) is 0 Å². The zero-order chi connectivity index (χ0) is 13.4. The smallest absolute Gasteiger partial charge is 0.244 e. The van der Waals surface area contributed by atoms with E-state index in [9.17, 15) is 8.42 Å². The molecule has 0 aromatic carbocycles. The summed E-state index contributed by atoms with van der Waals surface area (Å²) >= 11 is 0. The Bertz CT molecular complexity index is 460. The van der Waals surface area contributed by atoms with Gasteiger partial charge in [0, 0.05) is 19.8 Å². The van der Waals surface area contributed by atoms with Gasteiger partial charge in [-0.1, -0.05) is 26.2 Å². The minimum atomic E-state index is -3.47. The van der Waals surface area contributed by atoms with Gasteiger partial charge in [0.1, 0.15) is 10.7 Å². The lowest BCUT2D eigenvalue weighted by Gasteiger charge is -2.09. The Morgan fingerprint density at radius 1 is 1.28 bits per heavy atom. The van der Waals surface area contributed by atoms with Crippen molar-refractivity contribution < 1.29 is 8.42 Å². The topological polar surface area (TPSA) is 71.1 Å². The molecule has 0 aliphatic carbocycles. The van der Waals surface area contributed by atoms with Crippen LogP contribution in [-0.4, -0.2) is 27.0 Å². The van der Waals surface area contributed by atoms with Gasteiger partial charge in [-0.15, -0.1) is 0 Å². The van der Waals surface area contributed by atoms with Gasteiger partial charge in [0.25, 0.3) is 0 Å². The monoisotopic (exact) mass is 271 g/mol. The van der Waals surface area contributed by atoms with Crippen LogP contribution < -0.4 is 10.0 Å². The molecule has 0 amide bonds. The van der Waals surface area contributed by atoms with Crippen LogP contribution in [0.1, 0.15) is 32.6 Å². The maximum absolute atomic E-state index is 12.1. The predicted molar refractivity (Wildman–Crippen MR) is 73.1 cm³/mol. The Kier molecular flexibility index (Phi) is 6.07. The predicted octanol–water partition coefficient (Wildman–Crippen LogP) is 1.98. The normalized spacial score (nSPS) is 11.4. The SMILES string of the molecule is CCCCCCNS(=O)(=O)c1cccnc1NC. The van der Waals surface area contributed by atoms with Crippen LogP contribution in [0.15, 0.2) is 23.2 Å². The molecule has 102 valence electrons. The third kappa shape index (κ3) is 4.27. The van der Waals surface area contributed by atoms with Crippen molar-refractivity contribution in [3.05, 3.63) is 18.3 Å². The summed E-state index contributed by atoms with van der Waals surface area (Å²) in [6, 6.07) is 3.17. The highest BCUT2D eigenvalue weighted by atomic mass is 32.2. The number of hydrogen-bond donors (Lipinski definition) is 2. The second-order valence-electron chi connectivity index (χ2n) is 4.06. The Balaban J connectivity index is 2.63. The first-order valence-corrected chi connectivity index (χ1v) is 7.72. The van der Waals surface area contributed by atoms with Crippen LogP contribution >= 0.6 is 0 Å². The molecule has 1 aromatic rings. The van der Waals surface area contributed by atoms with Gasteiger partial charge in [-0.25, -0.2) is 18.1 Å². The molecule has 0 unspecified atom stereocenters. The molecule has 6 heteroatoms. The largest absolute Gasteiger partial charge is 0.372 e. The van der Waals surface area contributed by atoms with E-state index in [1.54, 1.807) is 25.4 Å². The van der Waals surface area contributed by atoms with Crippen molar-refractivity contribution in [2.45, 2.75) is 37.5 Å². The van der Waals surface area contributed by atoms with Crippen LogP contribution in [0.2, 0.25) is 0 Å². The van der Waals surface area contributed by atoms with Gasteiger partial charge in [-0.2, -0.15) is 0 Å². The molecular formula is C12H21N3O2S. The number of sulfonamides is 1. The first kappa shape index (κ1) is 14.9. The van der Waals surface area contributed by atoms with E-state index in [0.717, 1.165) is 25.7 Å². The van der Waals surface area contributed by atoms with Crippen molar-refractivity contribution in [1.29, 1.82) is 0 Å². The fourth-order valence-corrected chi connectivity index (χ4v) is 2.87. The number of nitrogens with one attached hydrogen (secondary N) is 2. The Morgan fingerprint density at radius 2 is 2.06 bits per heavy atom. The standard InChI is InChI=1S/C12H21N3O2S/c1-3-4-5-6-10-15-18(16,17)11-8-7-9-14-12(11)13-2/h7-9,15H,3-6,10H2,1-2H3,(H,13,14). The van der Waals surface area contributed by atoms with Crippen molar-refractivity contribution in [3.8, 4) is 0 Å². The maximum atomic E-state index is 12.1. The highest BCUT2D eigenvalue weighted by Crippen LogP contribution is 2.16. The number of nitrogens with zero attached hydrogens (tertiary/aromatic N) is 1. The molecule has 0 aliphatic heterocycles. The fourth-order valence-electron chi connectivity index (χ4n) is 1.63. The lowest BCUT2D eigenvalue weighted by atomic mass is 10.2. The number of pyridine rings is 1. The number of rotatable bonds is 8. The van der Waals surface area contributed by atoms with Crippen LogP contribution in [0.4, 0.5) is 5.82 Å². The van der Waals surface area contributed by atoms with E-state index in [1.165, 1.54) is 0 Å². The Hall–Kier alpha value is -1.14. The molecule has 1 aromatic heterocycles. The number of anilines is 1. The quantitative estimate of drug-likeness (QED) is 0.709. The van der Waals surface area contributed by atoms with Gasteiger partial charge >= 0.3 is 0 Å². The molecule has 1 rings (SSSR count). The molecule has 0 bridgehead atoms. The molecule has 0 spiro atoms. The lowest BCUT2D eigenvalue weighted by molar-refractivity contribution is 0.573. The molecule has 18 heavy (non-hydrogen) atoms. The van der Waals surface area contributed by atoms with E-state index >= 15 is 0 Å². The van der Waals surface area contributed by atoms with E-state index in [1.807, 2.05) is 0 Å². The third-order valence-electron chi connectivity index (χ3n) is 2.62. The molecule has 0 radical (unpaired) electrons. The molecule has 0 aliphatic rings. The minimum absolute atomic E-state index is 0.197. The van der Waals surface area contributed by atoms with Crippen molar-refractivity contribution >= 4 is 15.8 Å². The highest BCUT2D eigenvalue weighted by Gasteiger charge is 2.17. The molecule has 2 N–H and O–H groups in total. The van der Waals surface area contributed by atoms with E-state index in [-0.39, 0.29) is 4.90 Å². The van der Waals surface area contributed by atoms with Crippen LogP contribution in [-0.2, 0) is 10.0 Å². The minimum Gasteiger partial charge on any atom is -0.372 e. The average molecular weight is 271 g/mol. The molecule has 0 atom stereocenters. The summed E-state index contributed by atoms with van der Waals surface area (Å²) in [5.41, 5.74) is 0. The zero-order valence-electron chi connectivity index (χ0n) is 10.9. The second-order valence-corrected chi connectivity index (χ2v) is 5.79. The highest BCUT2D eigenvalue weighted by molar-refractivity contribution is 7.89. The number of unbranched alkanes of at least 4 members (excludes halogenated alkanes) is 3. The molecule has 5 nitrogen and oxygen atoms in total. The summed E-state index contributed by atoms with van der Waals surface area (Å²) in [7, 11) is -1.81. The Morgan fingerprint density at radius 3 is 2.72 bits per heavy atom. The summed E-state index contributed by atoms with van der Waals surface area (Å²) in [5.74, 6) is 0.374. The molecule has 0 fully saturated rings. The van der Waals surface area contributed by atoms with Gasteiger partial charge in [0.2, 0.25) is 10.0 Å². The summed E-state index contributed by atoms with van der Waals surface area (Å²) in [5, 5.41) is 2.78. The number of hydrogen-bond acceptors (Lipinski definition) is 4. The van der Waals surface area contributed by atoms with Crippen molar-refractivity contribution in [3.63, 3.8) is 0 Å². The summed E-state index contributed by atoms with van der Waals surface area (Å²) in [6.07, 6.45) is 5.74. The van der Waals surface area contributed by atoms with Gasteiger partial charge in [0.15, 0.2) is 0 Å². The Labute approximate surface area is 109 Å². The van der Waals surface area contributed by atoms with E-state index in [2.05, 4.69) is 21.9 Å². The zero-order valence-corrected chi connectivity index (χ0v) is 11.8. The van der Waals surface area contributed by atoms with Crippen molar-refractivity contribution in [1.82, 2.24) is 9.71 Å². The number of aromatic nitrogens is 1. The summed E-state index contributed by atoms with van der Waals surface area (Å²) < 4.78 is 26.7. The fraction of sp³-hybridized carbons (Fsp3) is 0.583. The summed E-state index contributed by atoms with van der Waals surface area (Å²) in [6.45, 7) is 2.60. The van der Waals surface area contributed by atoms with E-state index in [4.69, 9.17) is 0 Å². The van der Waals surface area contributed by atoms with Crippen LogP contribution in [0.3, 0.4) is 0 Å². The first-order chi connectivity index (χ1) is 8.61. The van der Waals surface area contributed by atoms with E-state index in [0.29, 0.717) is 12.4 Å². The summed E-state index contributed by atoms with van der Waals surface area (Å²) in [4.78, 5) is 4.19. The van der Waals surface area contributed by atoms with Crippen molar-refractivity contribution in [2.75, 3.05) is 18.9 Å².